The van der Waals surface area contributed by atoms with E-state index in [0.29, 0.717) is 0 Å². The van der Waals surface area contributed by atoms with E-state index in [0.717, 1.165) is 48.1 Å². The van der Waals surface area contributed by atoms with E-state index in [1.165, 1.54) is 6.08 Å². The zero-order chi connectivity index (χ0) is 20.0. The van der Waals surface area contributed by atoms with Crippen molar-refractivity contribution < 1.29 is 14.6 Å². The van der Waals surface area contributed by atoms with Crippen LogP contribution in [0.5, 0.6) is 11.5 Å². The SMILES string of the molecule is C=CC(=O)N1[C@@H]2CC[C@H]1C[C@@H](Oc1cc(-c3ccc(O)cc3)cn3cncc13)C2. The topological polar surface area (TPSA) is 67.1 Å². The van der Waals surface area contributed by atoms with Crippen molar-refractivity contribution in [3.63, 3.8) is 0 Å². The number of imidazole rings is 1. The van der Waals surface area contributed by atoms with Gasteiger partial charge in [-0.15, -0.1) is 0 Å². The number of carbonyl (C=O) groups is 1. The number of ether oxygens (including phenoxy) is 1. The van der Waals surface area contributed by atoms with Crippen molar-refractivity contribution in [1.29, 1.82) is 0 Å². The molecular weight excluding hydrogens is 366 g/mol. The predicted molar refractivity (Wildman–Crippen MR) is 110 cm³/mol. The summed E-state index contributed by atoms with van der Waals surface area (Å²) in [4.78, 5) is 18.5. The number of fused-ring (bicyclic) bond motifs is 3. The maximum Gasteiger partial charge on any atom is 0.246 e. The van der Waals surface area contributed by atoms with Crippen LogP contribution >= 0.6 is 0 Å². The molecule has 148 valence electrons. The van der Waals surface area contributed by atoms with Crippen molar-refractivity contribution >= 4 is 11.4 Å². The van der Waals surface area contributed by atoms with Crippen molar-refractivity contribution in [1.82, 2.24) is 14.3 Å². The highest BCUT2D eigenvalue weighted by Crippen LogP contribution is 2.38. The molecule has 2 bridgehead atoms. The van der Waals surface area contributed by atoms with Crippen molar-refractivity contribution in [2.24, 2.45) is 0 Å². The number of phenols is 1. The number of hydrogen-bond donors (Lipinski definition) is 1. The first-order valence-corrected chi connectivity index (χ1v) is 9.99. The predicted octanol–water partition coefficient (Wildman–Crippen LogP) is 3.79. The van der Waals surface area contributed by atoms with Crippen LogP contribution in [-0.2, 0) is 4.79 Å². The third-order valence-electron chi connectivity index (χ3n) is 6.10. The summed E-state index contributed by atoms with van der Waals surface area (Å²) in [7, 11) is 0. The Morgan fingerprint density at radius 3 is 2.59 bits per heavy atom. The number of phenolic OH excluding ortho intramolecular Hbond substituents is 1. The van der Waals surface area contributed by atoms with Gasteiger partial charge in [-0.25, -0.2) is 4.98 Å². The van der Waals surface area contributed by atoms with Gasteiger partial charge in [-0.3, -0.25) is 4.79 Å². The summed E-state index contributed by atoms with van der Waals surface area (Å²) >= 11 is 0. The molecule has 0 spiro atoms. The first kappa shape index (κ1) is 17.8. The van der Waals surface area contributed by atoms with Gasteiger partial charge >= 0.3 is 0 Å². The molecule has 1 aromatic carbocycles. The molecule has 2 aliphatic heterocycles. The molecule has 2 saturated heterocycles. The van der Waals surface area contributed by atoms with Gasteiger partial charge in [-0.1, -0.05) is 18.7 Å². The Morgan fingerprint density at radius 2 is 1.90 bits per heavy atom. The number of benzene rings is 1. The van der Waals surface area contributed by atoms with Gasteiger partial charge < -0.3 is 19.1 Å². The van der Waals surface area contributed by atoms with Gasteiger partial charge in [0.2, 0.25) is 5.91 Å². The maximum atomic E-state index is 12.2. The molecule has 29 heavy (non-hydrogen) atoms. The Labute approximate surface area is 169 Å². The van der Waals surface area contributed by atoms with E-state index in [-0.39, 0.29) is 29.8 Å². The van der Waals surface area contributed by atoms with Gasteiger partial charge in [0.15, 0.2) is 0 Å². The Hall–Kier alpha value is -3.28. The van der Waals surface area contributed by atoms with Crippen LogP contribution in [0.3, 0.4) is 0 Å². The van der Waals surface area contributed by atoms with Crippen LogP contribution in [0, 0.1) is 0 Å². The summed E-state index contributed by atoms with van der Waals surface area (Å²) in [5.74, 6) is 1.06. The van der Waals surface area contributed by atoms with Crippen LogP contribution in [0.25, 0.3) is 16.6 Å². The molecule has 6 nitrogen and oxygen atoms in total. The molecule has 0 saturated carbocycles. The maximum absolute atomic E-state index is 12.2. The monoisotopic (exact) mass is 389 g/mol. The first-order chi connectivity index (χ1) is 14.1. The minimum atomic E-state index is 0.0310. The lowest BCUT2D eigenvalue weighted by Crippen LogP contribution is -2.48. The third kappa shape index (κ3) is 3.14. The van der Waals surface area contributed by atoms with Crippen LogP contribution in [0.15, 0.2) is 61.7 Å². The van der Waals surface area contributed by atoms with Gasteiger partial charge in [-0.05, 0) is 42.7 Å². The third-order valence-corrected chi connectivity index (χ3v) is 6.10. The molecule has 2 aliphatic rings. The van der Waals surface area contributed by atoms with E-state index in [9.17, 15) is 9.90 Å². The molecular formula is C23H23N3O3. The van der Waals surface area contributed by atoms with Gasteiger partial charge in [0.1, 0.15) is 23.1 Å². The van der Waals surface area contributed by atoms with E-state index in [4.69, 9.17) is 4.74 Å². The minimum Gasteiger partial charge on any atom is -0.508 e. The Morgan fingerprint density at radius 1 is 1.17 bits per heavy atom. The van der Waals surface area contributed by atoms with E-state index >= 15 is 0 Å². The fourth-order valence-corrected chi connectivity index (χ4v) is 4.77. The Bertz CT molecular complexity index is 1060. The molecule has 2 fully saturated rings. The Balaban J connectivity index is 1.44. The van der Waals surface area contributed by atoms with E-state index < -0.39 is 0 Å². The fraction of sp³-hybridized carbons (Fsp3) is 0.304. The lowest BCUT2D eigenvalue weighted by Gasteiger charge is -2.38. The number of hydrogen-bond acceptors (Lipinski definition) is 4. The molecule has 0 unspecified atom stereocenters. The highest BCUT2D eigenvalue weighted by atomic mass is 16.5. The number of aromatic hydroxyl groups is 1. The molecule has 3 atom stereocenters. The van der Waals surface area contributed by atoms with Crippen LogP contribution < -0.4 is 4.74 Å². The number of nitrogens with zero attached hydrogens (tertiary/aromatic N) is 3. The minimum absolute atomic E-state index is 0.0310. The lowest BCUT2D eigenvalue weighted by molar-refractivity contribution is -0.131. The van der Waals surface area contributed by atoms with Crippen LogP contribution in [0.2, 0.25) is 0 Å². The number of carbonyl (C=O) groups excluding carboxylic acids is 1. The summed E-state index contributed by atoms with van der Waals surface area (Å²) in [5.41, 5.74) is 2.91. The van der Waals surface area contributed by atoms with Crippen LogP contribution in [0.4, 0.5) is 0 Å². The Kier molecular flexibility index (Phi) is 4.27. The van der Waals surface area contributed by atoms with Gasteiger partial charge in [0.05, 0.1) is 12.5 Å². The molecule has 0 aliphatic carbocycles. The number of rotatable bonds is 4. The molecule has 6 heteroatoms. The zero-order valence-electron chi connectivity index (χ0n) is 16.1. The summed E-state index contributed by atoms with van der Waals surface area (Å²) in [6.07, 6.45) is 10.8. The van der Waals surface area contributed by atoms with Crippen LogP contribution in [-0.4, -0.2) is 43.5 Å². The van der Waals surface area contributed by atoms with Gasteiger partial charge in [0, 0.05) is 36.7 Å². The van der Waals surface area contributed by atoms with Gasteiger partial charge in [0.25, 0.3) is 0 Å². The molecule has 1 amide bonds. The molecule has 5 rings (SSSR count). The van der Waals surface area contributed by atoms with Crippen molar-refractivity contribution in [2.45, 2.75) is 43.9 Å². The normalized spacial score (nSPS) is 23.3. The lowest BCUT2D eigenvalue weighted by atomic mass is 9.99. The number of piperidine rings is 1. The highest BCUT2D eigenvalue weighted by Gasteiger charge is 2.43. The molecule has 1 N–H and O–H groups in total. The zero-order valence-corrected chi connectivity index (χ0v) is 16.1. The van der Waals surface area contributed by atoms with Crippen molar-refractivity contribution in [2.75, 3.05) is 0 Å². The second-order valence-electron chi connectivity index (χ2n) is 7.87. The smallest absolute Gasteiger partial charge is 0.246 e. The van der Waals surface area contributed by atoms with Crippen molar-refractivity contribution in [3.05, 3.63) is 61.7 Å². The van der Waals surface area contributed by atoms with Crippen LogP contribution in [0.1, 0.15) is 25.7 Å². The average Bonchev–Trinajstić information content (AvgIpc) is 3.30. The van der Waals surface area contributed by atoms with E-state index in [1.54, 1.807) is 24.7 Å². The molecule has 0 radical (unpaired) electrons. The standard InChI is InChI=1S/C23H23N3O3/c1-2-23(28)26-17-5-6-18(26)11-20(10-17)29-22-9-16(13-25-14-24-12-21(22)25)15-3-7-19(27)8-4-15/h2-4,7-9,12-14,17-18,20,27H,1,5-6,10-11H2/t17-,18+,20+. The molecule has 2 aromatic heterocycles. The highest BCUT2D eigenvalue weighted by molar-refractivity contribution is 5.87. The van der Waals surface area contributed by atoms with Crippen molar-refractivity contribution in [3.8, 4) is 22.6 Å². The quantitative estimate of drug-likeness (QED) is 0.690. The molecule has 3 aromatic rings. The summed E-state index contributed by atoms with van der Waals surface area (Å²) in [6.45, 7) is 3.64. The average molecular weight is 389 g/mol. The van der Waals surface area contributed by atoms with E-state index in [2.05, 4.69) is 11.6 Å². The number of aromatic nitrogens is 2. The number of amides is 1. The fourth-order valence-electron chi connectivity index (χ4n) is 4.77. The first-order valence-electron chi connectivity index (χ1n) is 9.99. The van der Waals surface area contributed by atoms with Gasteiger partial charge in [-0.2, -0.15) is 0 Å². The largest absolute Gasteiger partial charge is 0.508 e. The second kappa shape index (κ2) is 6.95. The van der Waals surface area contributed by atoms with E-state index in [1.807, 2.05) is 33.7 Å². The summed E-state index contributed by atoms with van der Waals surface area (Å²) in [5, 5.41) is 9.57. The summed E-state index contributed by atoms with van der Waals surface area (Å²) < 4.78 is 8.44. The second-order valence-corrected chi connectivity index (χ2v) is 7.87. The number of pyridine rings is 1. The molecule has 4 heterocycles. The summed E-state index contributed by atoms with van der Waals surface area (Å²) in [6, 6.07) is 9.62.